The highest BCUT2D eigenvalue weighted by molar-refractivity contribution is 6.01. The monoisotopic (exact) mass is 368 g/mol. The molecule has 0 aliphatic heterocycles. The summed E-state index contributed by atoms with van der Waals surface area (Å²) >= 11 is 0. The van der Waals surface area contributed by atoms with Crippen LogP contribution in [0.1, 0.15) is 69.0 Å². The van der Waals surface area contributed by atoms with Gasteiger partial charge < -0.3 is 15.0 Å². The minimum atomic E-state index is -0.637. The molecule has 3 rings (SSSR count). The summed E-state index contributed by atoms with van der Waals surface area (Å²) in [5.41, 5.74) is 4.26. The average molecular weight is 368 g/mol. The van der Waals surface area contributed by atoms with E-state index in [1.165, 1.54) is 12.5 Å². The minimum absolute atomic E-state index is 0.0556. The normalized spacial score (nSPS) is 15.7. The zero-order valence-corrected chi connectivity index (χ0v) is 15.8. The Kier molecular flexibility index (Phi) is 5.44. The first-order valence-corrected chi connectivity index (χ1v) is 9.13. The maximum atomic E-state index is 12.3. The second-order valence-corrected chi connectivity index (χ2v) is 6.97. The van der Waals surface area contributed by atoms with Crippen LogP contribution in [0.15, 0.2) is 24.3 Å². The summed E-state index contributed by atoms with van der Waals surface area (Å²) in [6, 6.07) is 8.02. The summed E-state index contributed by atoms with van der Waals surface area (Å²) in [5.74, 6) is -1.09. The second-order valence-electron chi connectivity index (χ2n) is 6.97. The molecule has 1 amide bonds. The van der Waals surface area contributed by atoms with Crippen LogP contribution in [0.3, 0.4) is 0 Å². The largest absolute Gasteiger partial charge is 0.451 e. The third-order valence-corrected chi connectivity index (χ3v) is 5.03. The Hall–Kier alpha value is -2.89. The van der Waals surface area contributed by atoms with E-state index in [4.69, 9.17) is 4.74 Å². The molecule has 2 aromatic rings. The Labute approximate surface area is 158 Å². The van der Waals surface area contributed by atoms with E-state index in [2.05, 4.69) is 16.4 Å². The van der Waals surface area contributed by atoms with E-state index < -0.39 is 5.97 Å². The van der Waals surface area contributed by atoms with Crippen LogP contribution in [0.25, 0.3) is 0 Å². The van der Waals surface area contributed by atoms with Crippen molar-refractivity contribution in [1.82, 2.24) is 10.3 Å². The lowest BCUT2D eigenvalue weighted by Gasteiger charge is -2.26. The van der Waals surface area contributed by atoms with E-state index in [1.54, 1.807) is 13.8 Å². The lowest BCUT2D eigenvalue weighted by molar-refractivity contribution is -0.125. The van der Waals surface area contributed by atoms with E-state index >= 15 is 0 Å². The van der Waals surface area contributed by atoms with Crippen LogP contribution in [0.2, 0.25) is 0 Å². The van der Waals surface area contributed by atoms with Crippen molar-refractivity contribution < 1.29 is 19.1 Å². The number of ether oxygens (including phenoxy) is 1. The van der Waals surface area contributed by atoms with Gasteiger partial charge >= 0.3 is 5.97 Å². The van der Waals surface area contributed by atoms with Gasteiger partial charge in [0.25, 0.3) is 5.91 Å². The fraction of sp³-hybridized carbons (Fsp3) is 0.381. The van der Waals surface area contributed by atoms with Gasteiger partial charge in [-0.15, -0.1) is 0 Å². The summed E-state index contributed by atoms with van der Waals surface area (Å²) < 4.78 is 5.15. The number of ketones is 1. The molecule has 0 unspecified atom stereocenters. The Morgan fingerprint density at radius 1 is 1.22 bits per heavy atom. The number of carbonyl (C=O) groups is 3. The van der Waals surface area contributed by atoms with Gasteiger partial charge in [-0.1, -0.05) is 24.3 Å². The van der Waals surface area contributed by atoms with Gasteiger partial charge in [0.2, 0.25) is 0 Å². The minimum Gasteiger partial charge on any atom is -0.451 e. The third-order valence-electron chi connectivity index (χ3n) is 5.03. The number of aromatic nitrogens is 1. The van der Waals surface area contributed by atoms with Crippen molar-refractivity contribution in [3.05, 3.63) is 57.9 Å². The highest BCUT2D eigenvalue weighted by Gasteiger charge is 2.24. The number of Topliss-reactive ketones (excluding diaryl/α,β-unsaturated/α-hetero) is 1. The number of amides is 1. The van der Waals surface area contributed by atoms with Crippen molar-refractivity contribution in [2.75, 3.05) is 6.61 Å². The number of carbonyl (C=O) groups excluding carboxylic acids is 3. The quantitative estimate of drug-likeness (QED) is 0.627. The molecule has 0 spiro atoms. The van der Waals surface area contributed by atoms with Gasteiger partial charge in [-0.05, 0) is 56.7 Å². The van der Waals surface area contributed by atoms with Crippen molar-refractivity contribution >= 4 is 17.7 Å². The number of esters is 1. The first-order chi connectivity index (χ1) is 12.9. The lowest BCUT2D eigenvalue weighted by atomic mass is 9.88. The predicted octanol–water partition coefficient (Wildman–Crippen LogP) is 3.18. The van der Waals surface area contributed by atoms with Crippen LogP contribution in [-0.2, 0) is 16.0 Å². The molecule has 0 saturated carbocycles. The Morgan fingerprint density at radius 2 is 1.96 bits per heavy atom. The first-order valence-electron chi connectivity index (χ1n) is 9.13. The van der Waals surface area contributed by atoms with Crippen molar-refractivity contribution in [2.24, 2.45) is 0 Å². The summed E-state index contributed by atoms with van der Waals surface area (Å²) in [4.78, 5) is 39.1. The number of nitrogens with one attached hydrogen (secondary N) is 2. The van der Waals surface area contributed by atoms with Crippen molar-refractivity contribution in [1.29, 1.82) is 0 Å². The lowest BCUT2D eigenvalue weighted by Crippen LogP contribution is -2.34. The highest BCUT2D eigenvalue weighted by atomic mass is 16.5. The highest BCUT2D eigenvalue weighted by Crippen LogP contribution is 2.29. The topological polar surface area (TPSA) is 88.3 Å². The van der Waals surface area contributed by atoms with Gasteiger partial charge in [0.15, 0.2) is 12.4 Å². The van der Waals surface area contributed by atoms with Crippen LogP contribution < -0.4 is 5.32 Å². The maximum absolute atomic E-state index is 12.3. The molecule has 142 valence electrons. The molecule has 1 aliphatic rings. The summed E-state index contributed by atoms with van der Waals surface area (Å²) in [7, 11) is 0. The Bertz CT molecular complexity index is 898. The van der Waals surface area contributed by atoms with Gasteiger partial charge in [-0.25, -0.2) is 4.79 Å². The van der Waals surface area contributed by atoms with E-state index in [0.717, 1.165) is 24.8 Å². The van der Waals surface area contributed by atoms with Gasteiger partial charge in [0.1, 0.15) is 5.69 Å². The molecule has 6 nitrogen and oxygen atoms in total. The Balaban J connectivity index is 1.61. The fourth-order valence-corrected chi connectivity index (χ4v) is 3.83. The number of hydrogen-bond acceptors (Lipinski definition) is 4. The van der Waals surface area contributed by atoms with Crippen LogP contribution in [0.5, 0.6) is 0 Å². The van der Waals surface area contributed by atoms with Crippen LogP contribution in [0.4, 0.5) is 0 Å². The number of H-pyrrole nitrogens is 1. The fourth-order valence-electron chi connectivity index (χ4n) is 3.83. The molecule has 6 heteroatoms. The predicted molar refractivity (Wildman–Crippen MR) is 101 cm³/mol. The second kappa shape index (κ2) is 7.78. The molecule has 1 heterocycles. The van der Waals surface area contributed by atoms with E-state index in [0.29, 0.717) is 16.8 Å². The molecule has 0 saturated heterocycles. The van der Waals surface area contributed by atoms with Gasteiger partial charge in [-0.3, -0.25) is 9.59 Å². The molecule has 27 heavy (non-hydrogen) atoms. The molecular weight excluding hydrogens is 344 g/mol. The maximum Gasteiger partial charge on any atom is 0.355 e. The molecule has 1 aromatic carbocycles. The number of benzene rings is 1. The number of hydrogen-bond donors (Lipinski definition) is 2. The zero-order chi connectivity index (χ0) is 19.6. The molecule has 1 aliphatic carbocycles. The smallest absolute Gasteiger partial charge is 0.355 e. The SMILES string of the molecule is CC(=O)c1c(C)[nH]c(C(=O)OCC(=O)N[C@@H]2CCCc3ccccc32)c1C. The standard InChI is InChI=1S/C21H24N2O4/c1-12-19(14(3)24)13(2)22-20(12)21(26)27-11-18(25)23-17-10-6-8-15-7-4-5-9-16(15)17/h4-5,7,9,17,22H,6,8,10-11H2,1-3H3,(H,23,25)/t17-/m1/s1. The van der Waals surface area contributed by atoms with Crippen LogP contribution in [-0.4, -0.2) is 29.3 Å². The van der Waals surface area contributed by atoms with Crippen molar-refractivity contribution in [2.45, 2.75) is 46.1 Å². The van der Waals surface area contributed by atoms with E-state index in [1.807, 2.05) is 18.2 Å². The summed E-state index contributed by atoms with van der Waals surface area (Å²) in [5, 5.41) is 2.95. The third kappa shape index (κ3) is 3.94. The van der Waals surface area contributed by atoms with Crippen molar-refractivity contribution in [3.8, 4) is 0 Å². The summed E-state index contributed by atoms with van der Waals surface area (Å²) in [6.07, 6.45) is 2.89. The average Bonchev–Trinajstić information content (AvgIpc) is 2.94. The molecule has 1 atom stereocenters. The molecule has 2 N–H and O–H groups in total. The van der Waals surface area contributed by atoms with Gasteiger partial charge in [0.05, 0.1) is 6.04 Å². The molecule has 1 aromatic heterocycles. The zero-order valence-electron chi connectivity index (χ0n) is 15.8. The number of aromatic amines is 1. The van der Waals surface area contributed by atoms with Crippen LogP contribution >= 0.6 is 0 Å². The van der Waals surface area contributed by atoms with Gasteiger partial charge in [0, 0.05) is 11.3 Å². The number of aryl methyl sites for hydroxylation is 2. The number of rotatable bonds is 5. The van der Waals surface area contributed by atoms with Gasteiger partial charge in [-0.2, -0.15) is 0 Å². The molecular formula is C21H24N2O4. The van der Waals surface area contributed by atoms with Crippen molar-refractivity contribution in [3.63, 3.8) is 0 Å². The molecule has 0 bridgehead atoms. The first kappa shape index (κ1) is 18.9. The molecule has 0 radical (unpaired) electrons. The van der Waals surface area contributed by atoms with Crippen LogP contribution in [0, 0.1) is 13.8 Å². The molecule has 0 fully saturated rings. The van der Waals surface area contributed by atoms with E-state index in [9.17, 15) is 14.4 Å². The summed E-state index contributed by atoms with van der Waals surface area (Å²) in [6.45, 7) is 4.52. The van der Waals surface area contributed by atoms with E-state index in [-0.39, 0.29) is 30.0 Å². The number of fused-ring (bicyclic) bond motifs is 1. The Morgan fingerprint density at radius 3 is 2.67 bits per heavy atom.